The van der Waals surface area contributed by atoms with Gasteiger partial charge in [0.05, 0.1) is 26.4 Å². The molecule has 0 fully saturated rings. The Morgan fingerprint density at radius 1 is 1.55 bits per heavy atom. The van der Waals surface area contributed by atoms with Crippen LogP contribution in [0.4, 0.5) is 0 Å². The molecule has 1 unspecified atom stereocenters. The lowest BCUT2D eigenvalue weighted by Gasteiger charge is -2.14. The van der Waals surface area contributed by atoms with Gasteiger partial charge < -0.3 is 15.0 Å². The van der Waals surface area contributed by atoms with Gasteiger partial charge in [0.25, 0.3) is 0 Å². The molecule has 0 amide bonds. The fourth-order valence-electron chi connectivity index (χ4n) is 1.76. The van der Waals surface area contributed by atoms with E-state index in [2.05, 4.69) is 29.2 Å². The molecule has 0 saturated heterocycles. The number of hydrogen-bond donors (Lipinski definition) is 1. The van der Waals surface area contributed by atoms with Gasteiger partial charge in [-0.2, -0.15) is 5.10 Å². The summed E-state index contributed by atoms with van der Waals surface area (Å²) < 4.78 is 6.96. The van der Waals surface area contributed by atoms with Crippen LogP contribution >= 0.6 is 0 Å². The van der Waals surface area contributed by atoms with Gasteiger partial charge in [-0.3, -0.25) is 9.48 Å². The Morgan fingerprint density at radius 2 is 2.25 bits per heavy atom. The lowest BCUT2D eigenvalue weighted by Crippen LogP contribution is -2.32. The molecule has 1 rings (SSSR count). The van der Waals surface area contributed by atoms with Crippen LogP contribution in [0.3, 0.4) is 0 Å². The SMILES string of the molecule is CCC(C)NCC(=O)c1c(OC)cnn1CCN(C)C. The monoisotopic (exact) mass is 282 g/mol. The number of aromatic nitrogens is 2. The Hall–Kier alpha value is -1.40. The Balaban J connectivity index is 2.79. The van der Waals surface area contributed by atoms with Crippen LogP contribution in [-0.2, 0) is 6.54 Å². The number of nitrogens with zero attached hydrogens (tertiary/aromatic N) is 3. The van der Waals surface area contributed by atoms with Crippen LogP contribution in [-0.4, -0.2) is 60.8 Å². The highest BCUT2D eigenvalue weighted by Crippen LogP contribution is 2.18. The van der Waals surface area contributed by atoms with Gasteiger partial charge in [0.1, 0.15) is 5.69 Å². The molecule has 6 nitrogen and oxygen atoms in total. The molecule has 20 heavy (non-hydrogen) atoms. The normalized spacial score (nSPS) is 12.7. The lowest BCUT2D eigenvalue weighted by atomic mass is 10.2. The smallest absolute Gasteiger partial charge is 0.198 e. The molecule has 0 aliphatic rings. The number of ether oxygens (including phenoxy) is 1. The largest absolute Gasteiger partial charge is 0.493 e. The number of carbonyl (C=O) groups excluding carboxylic acids is 1. The molecule has 0 spiro atoms. The first-order chi connectivity index (χ1) is 9.49. The molecule has 1 aromatic heterocycles. The van der Waals surface area contributed by atoms with Crippen molar-refractivity contribution in [2.75, 3.05) is 34.3 Å². The minimum atomic E-state index is 0.0124. The molecule has 1 aromatic rings. The summed E-state index contributed by atoms with van der Waals surface area (Å²) in [6, 6.07) is 0.322. The van der Waals surface area contributed by atoms with E-state index in [1.807, 2.05) is 14.1 Å². The number of hydrogen-bond acceptors (Lipinski definition) is 5. The van der Waals surface area contributed by atoms with Crippen molar-refractivity contribution in [2.24, 2.45) is 0 Å². The van der Waals surface area contributed by atoms with Crippen LogP contribution < -0.4 is 10.1 Å². The van der Waals surface area contributed by atoms with Gasteiger partial charge in [-0.1, -0.05) is 6.92 Å². The number of rotatable bonds is 9. The van der Waals surface area contributed by atoms with Crippen LogP contribution in [0.5, 0.6) is 5.75 Å². The van der Waals surface area contributed by atoms with E-state index in [4.69, 9.17) is 4.74 Å². The van der Waals surface area contributed by atoms with Crippen LogP contribution in [0.25, 0.3) is 0 Å². The molecular weight excluding hydrogens is 256 g/mol. The Bertz CT molecular complexity index is 429. The zero-order valence-corrected chi connectivity index (χ0v) is 13.1. The summed E-state index contributed by atoms with van der Waals surface area (Å²) >= 11 is 0. The van der Waals surface area contributed by atoms with Crippen LogP contribution in [0.15, 0.2) is 6.20 Å². The van der Waals surface area contributed by atoms with Crippen molar-refractivity contribution in [1.82, 2.24) is 20.0 Å². The van der Waals surface area contributed by atoms with Gasteiger partial charge in [0, 0.05) is 12.6 Å². The Labute approximate surface area is 121 Å². The molecule has 1 heterocycles. The van der Waals surface area contributed by atoms with Crippen molar-refractivity contribution in [3.05, 3.63) is 11.9 Å². The molecule has 1 atom stereocenters. The Morgan fingerprint density at radius 3 is 2.80 bits per heavy atom. The zero-order chi connectivity index (χ0) is 15.1. The highest BCUT2D eigenvalue weighted by Gasteiger charge is 2.19. The van der Waals surface area contributed by atoms with Crippen molar-refractivity contribution in [3.63, 3.8) is 0 Å². The van der Waals surface area contributed by atoms with E-state index in [-0.39, 0.29) is 5.78 Å². The first-order valence-electron chi connectivity index (χ1n) is 7.00. The van der Waals surface area contributed by atoms with Gasteiger partial charge in [-0.05, 0) is 27.4 Å². The van der Waals surface area contributed by atoms with E-state index in [9.17, 15) is 4.79 Å². The molecule has 0 bridgehead atoms. The number of likely N-dealkylation sites (N-methyl/N-ethyl adjacent to an activating group) is 1. The number of carbonyl (C=O) groups is 1. The minimum Gasteiger partial charge on any atom is -0.493 e. The van der Waals surface area contributed by atoms with Gasteiger partial charge in [-0.15, -0.1) is 0 Å². The van der Waals surface area contributed by atoms with Crippen molar-refractivity contribution in [1.29, 1.82) is 0 Å². The van der Waals surface area contributed by atoms with E-state index in [1.165, 1.54) is 0 Å². The molecular formula is C14H26N4O2. The van der Waals surface area contributed by atoms with Crippen molar-refractivity contribution in [2.45, 2.75) is 32.9 Å². The molecule has 0 aliphatic heterocycles. The van der Waals surface area contributed by atoms with Gasteiger partial charge >= 0.3 is 0 Å². The van der Waals surface area contributed by atoms with Gasteiger partial charge in [0.2, 0.25) is 0 Å². The number of nitrogens with one attached hydrogen (secondary N) is 1. The minimum absolute atomic E-state index is 0.0124. The van der Waals surface area contributed by atoms with E-state index in [0.717, 1.165) is 13.0 Å². The molecule has 0 aromatic carbocycles. The van der Waals surface area contributed by atoms with E-state index in [0.29, 0.717) is 30.6 Å². The average Bonchev–Trinajstić information content (AvgIpc) is 2.84. The second-order valence-electron chi connectivity index (χ2n) is 5.20. The van der Waals surface area contributed by atoms with E-state index in [1.54, 1.807) is 18.0 Å². The highest BCUT2D eigenvalue weighted by atomic mass is 16.5. The van der Waals surface area contributed by atoms with Crippen LogP contribution in [0.2, 0.25) is 0 Å². The van der Waals surface area contributed by atoms with Gasteiger partial charge in [0.15, 0.2) is 11.5 Å². The average molecular weight is 282 g/mol. The van der Waals surface area contributed by atoms with Crippen LogP contribution in [0, 0.1) is 0 Å². The molecule has 0 aliphatic carbocycles. The standard InChI is InChI=1S/C14H26N4O2/c1-6-11(2)15-9-12(19)14-13(20-5)10-16-18(14)8-7-17(3)4/h10-11,15H,6-9H2,1-5H3. The molecule has 1 N–H and O–H groups in total. The third-order valence-corrected chi connectivity index (χ3v) is 3.27. The summed E-state index contributed by atoms with van der Waals surface area (Å²) in [7, 11) is 5.55. The first-order valence-corrected chi connectivity index (χ1v) is 7.00. The van der Waals surface area contributed by atoms with Crippen molar-refractivity contribution in [3.8, 4) is 5.75 Å². The fraction of sp³-hybridized carbons (Fsp3) is 0.714. The third kappa shape index (κ3) is 4.61. The Kier molecular flexibility index (Phi) is 6.67. The second kappa shape index (κ2) is 8.01. The summed E-state index contributed by atoms with van der Waals surface area (Å²) in [5, 5.41) is 7.45. The van der Waals surface area contributed by atoms with Crippen molar-refractivity contribution >= 4 is 5.78 Å². The zero-order valence-electron chi connectivity index (χ0n) is 13.1. The maximum atomic E-state index is 12.4. The fourth-order valence-corrected chi connectivity index (χ4v) is 1.76. The maximum absolute atomic E-state index is 12.4. The summed E-state index contributed by atoms with van der Waals surface area (Å²) in [4.78, 5) is 14.4. The highest BCUT2D eigenvalue weighted by molar-refractivity contribution is 5.98. The molecule has 114 valence electrons. The summed E-state index contributed by atoms with van der Waals surface area (Å²) in [5.41, 5.74) is 0.546. The maximum Gasteiger partial charge on any atom is 0.198 e. The lowest BCUT2D eigenvalue weighted by molar-refractivity contribution is 0.0973. The van der Waals surface area contributed by atoms with Crippen LogP contribution in [0.1, 0.15) is 30.8 Å². The summed E-state index contributed by atoms with van der Waals surface area (Å²) in [5.74, 6) is 0.554. The summed E-state index contributed by atoms with van der Waals surface area (Å²) in [6.45, 7) is 5.95. The number of Topliss-reactive ketones (excluding diaryl/α,β-unsaturated/α-hetero) is 1. The molecule has 0 radical (unpaired) electrons. The molecule has 0 saturated carbocycles. The number of methoxy groups -OCH3 is 1. The third-order valence-electron chi connectivity index (χ3n) is 3.27. The summed E-state index contributed by atoms with van der Waals surface area (Å²) in [6.07, 6.45) is 2.59. The quantitative estimate of drug-likeness (QED) is 0.685. The van der Waals surface area contributed by atoms with Crippen molar-refractivity contribution < 1.29 is 9.53 Å². The van der Waals surface area contributed by atoms with E-state index < -0.39 is 0 Å². The van der Waals surface area contributed by atoms with Gasteiger partial charge in [-0.25, -0.2) is 0 Å². The second-order valence-corrected chi connectivity index (χ2v) is 5.20. The predicted octanol–water partition coefficient (Wildman–Crippen LogP) is 1.02. The van der Waals surface area contributed by atoms with E-state index >= 15 is 0 Å². The predicted molar refractivity (Wildman–Crippen MR) is 79.4 cm³/mol. The first kappa shape index (κ1) is 16.7. The molecule has 6 heteroatoms. The topological polar surface area (TPSA) is 59.4 Å². The number of ketones is 1.